The van der Waals surface area contributed by atoms with Crippen LogP contribution in [-0.4, -0.2) is 23.6 Å². The Hall–Kier alpha value is -1.95. The predicted molar refractivity (Wildman–Crippen MR) is 82.2 cm³/mol. The van der Waals surface area contributed by atoms with Gasteiger partial charge in [0.15, 0.2) is 4.80 Å². The Morgan fingerprint density at radius 3 is 2.67 bits per heavy atom. The first-order chi connectivity index (χ1) is 9.97. The summed E-state index contributed by atoms with van der Waals surface area (Å²) in [5, 5.41) is 0. The number of rotatable bonds is 3. The van der Waals surface area contributed by atoms with Crippen LogP contribution in [0.1, 0.15) is 31.1 Å². The molecule has 0 radical (unpaired) electrons. The van der Waals surface area contributed by atoms with Crippen molar-refractivity contribution in [3.8, 4) is 0 Å². The third-order valence-electron chi connectivity index (χ3n) is 3.12. The number of nitrogens with zero attached hydrogens (tertiary/aromatic N) is 2. The van der Waals surface area contributed by atoms with Crippen LogP contribution >= 0.6 is 11.3 Å². The van der Waals surface area contributed by atoms with Crippen molar-refractivity contribution >= 4 is 33.4 Å². The van der Waals surface area contributed by atoms with E-state index in [-0.39, 0.29) is 17.8 Å². The molecule has 1 aromatic heterocycles. The van der Waals surface area contributed by atoms with Crippen LogP contribution in [0, 0.1) is 5.92 Å². The SMILES string of the molecule is CCn1c(=NC(=O)C(C)C)sc2cc(C(=O)OC)ccc21. The summed E-state index contributed by atoms with van der Waals surface area (Å²) in [6.45, 7) is 6.36. The zero-order valence-corrected chi connectivity index (χ0v) is 13.4. The zero-order valence-electron chi connectivity index (χ0n) is 12.5. The first-order valence-corrected chi connectivity index (χ1v) is 7.59. The average molecular weight is 306 g/mol. The lowest BCUT2D eigenvalue weighted by Gasteiger charge is -2.02. The molecule has 2 aromatic rings. The molecule has 0 aliphatic carbocycles. The van der Waals surface area contributed by atoms with E-state index >= 15 is 0 Å². The molecule has 0 bridgehead atoms. The maximum Gasteiger partial charge on any atom is 0.337 e. The van der Waals surface area contributed by atoms with Crippen molar-refractivity contribution in [2.75, 3.05) is 7.11 Å². The predicted octanol–water partition coefficient (Wildman–Crippen LogP) is 2.59. The zero-order chi connectivity index (χ0) is 15.6. The van der Waals surface area contributed by atoms with Crippen molar-refractivity contribution in [2.45, 2.75) is 27.3 Å². The van der Waals surface area contributed by atoms with E-state index in [1.54, 1.807) is 12.1 Å². The van der Waals surface area contributed by atoms with Crippen LogP contribution in [0.2, 0.25) is 0 Å². The van der Waals surface area contributed by atoms with E-state index in [1.165, 1.54) is 18.4 Å². The number of benzene rings is 1. The van der Waals surface area contributed by atoms with Gasteiger partial charge in [0.1, 0.15) is 0 Å². The summed E-state index contributed by atoms with van der Waals surface area (Å²) in [6.07, 6.45) is 0. The van der Waals surface area contributed by atoms with Crippen LogP contribution in [0.15, 0.2) is 23.2 Å². The highest BCUT2D eigenvalue weighted by molar-refractivity contribution is 7.16. The fourth-order valence-electron chi connectivity index (χ4n) is 1.93. The molecule has 1 amide bonds. The molecule has 1 aromatic carbocycles. The highest BCUT2D eigenvalue weighted by atomic mass is 32.1. The summed E-state index contributed by atoms with van der Waals surface area (Å²) in [4.78, 5) is 28.3. The number of fused-ring (bicyclic) bond motifs is 1. The van der Waals surface area contributed by atoms with Crippen LogP contribution in [0.25, 0.3) is 10.2 Å². The molecular weight excluding hydrogens is 288 g/mol. The van der Waals surface area contributed by atoms with E-state index in [0.717, 1.165) is 10.2 Å². The Morgan fingerprint density at radius 1 is 1.38 bits per heavy atom. The van der Waals surface area contributed by atoms with Gasteiger partial charge in [0.05, 0.1) is 22.9 Å². The van der Waals surface area contributed by atoms with Gasteiger partial charge in [-0.2, -0.15) is 4.99 Å². The molecule has 112 valence electrons. The molecule has 2 rings (SSSR count). The molecular formula is C15H18N2O3S. The van der Waals surface area contributed by atoms with Gasteiger partial charge in [-0.3, -0.25) is 4.79 Å². The molecule has 5 nitrogen and oxygen atoms in total. The molecule has 0 fully saturated rings. The second-order valence-corrected chi connectivity index (χ2v) is 5.92. The highest BCUT2D eigenvalue weighted by Crippen LogP contribution is 2.20. The number of methoxy groups -OCH3 is 1. The Kier molecular flexibility index (Phi) is 4.57. The van der Waals surface area contributed by atoms with Crippen molar-refractivity contribution < 1.29 is 14.3 Å². The maximum absolute atomic E-state index is 11.8. The van der Waals surface area contributed by atoms with Crippen molar-refractivity contribution in [1.29, 1.82) is 0 Å². The summed E-state index contributed by atoms with van der Waals surface area (Å²) in [5.74, 6) is -0.645. The van der Waals surface area contributed by atoms with E-state index in [9.17, 15) is 9.59 Å². The number of aryl methyl sites for hydroxylation is 1. The minimum Gasteiger partial charge on any atom is -0.465 e. The van der Waals surface area contributed by atoms with Gasteiger partial charge in [-0.25, -0.2) is 4.79 Å². The van der Waals surface area contributed by atoms with Crippen LogP contribution in [0.5, 0.6) is 0 Å². The normalized spacial score (nSPS) is 12.1. The minimum absolute atomic E-state index is 0.133. The van der Waals surface area contributed by atoms with Crippen molar-refractivity contribution in [3.63, 3.8) is 0 Å². The smallest absolute Gasteiger partial charge is 0.337 e. The Bertz CT molecular complexity index is 756. The van der Waals surface area contributed by atoms with Crippen molar-refractivity contribution in [2.24, 2.45) is 10.9 Å². The number of esters is 1. The standard InChI is InChI=1S/C15H18N2O3S/c1-5-17-11-7-6-10(14(19)20-4)8-12(11)21-15(17)16-13(18)9(2)3/h6-9H,5H2,1-4H3. The molecule has 0 N–H and O–H groups in total. The summed E-state index contributed by atoms with van der Waals surface area (Å²) in [5.41, 5.74) is 1.46. The van der Waals surface area contributed by atoms with Crippen LogP contribution in [-0.2, 0) is 16.1 Å². The second kappa shape index (κ2) is 6.22. The highest BCUT2D eigenvalue weighted by Gasteiger charge is 2.12. The molecule has 0 unspecified atom stereocenters. The van der Waals surface area contributed by atoms with Gasteiger partial charge < -0.3 is 9.30 Å². The minimum atomic E-state index is -0.370. The molecule has 6 heteroatoms. The topological polar surface area (TPSA) is 60.7 Å². The number of carbonyl (C=O) groups is 2. The number of hydrogen-bond acceptors (Lipinski definition) is 4. The van der Waals surface area contributed by atoms with E-state index in [2.05, 4.69) is 4.99 Å². The van der Waals surface area contributed by atoms with Gasteiger partial charge in [0, 0.05) is 12.5 Å². The first kappa shape index (κ1) is 15.4. The Balaban J connectivity index is 2.63. The van der Waals surface area contributed by atoms with Gasteiger partial charge in [-0.1, -0.05) is 25.2 Å². The molecule has 0 saturated heterocycles. The number of hydrogen-bond donors (Lipinski definition) is 0. The molecule has 0 atom stereocenters. The third kappa shape index (κ3) is 3.05. The summed E-state index contributed by atoms with van der Waals surface area (Å²) in [6, 6.07) is 5.36. The van der Waals surface area contributed by atoms with Gasteiger partial charge in [-0.05, 0) is 25.1 Å². The molecule has 0 spiro atoms. The molecule has 1 heterocycles. The lowest BCUT2D eigenvalue weighted by Crippen LogP contribution is -2.17. The largest absolute Gasteiger partial charge is 0.465 e. The number of ether oxygens (including phenoxy) is 1. The van der Waals surface area contributed by atoms with Gasteiger partial charge in [-0.15, -0.1) is 0 Å². The maximum atomic E-state index is 11.8. The van der Waals surface area contributed by atoms with E-state index < -0.39 is 0 Å². The van der Waals surface area contributed by atoms with E-state index in [4.69, 9.17) is 4.74 Å². The molecule has 0 aliphatic rings. The van der Waals surface area contributed by atoms with E-state index in [0.29, 0.717) is 16.9 Å². The first-order valence-electron chi connectivity index (χ1n) is 6.78. The summed E-state index contributed by atoms with van der Waals surface area (Å²) in [7, 11) is 1.36. The monoisotopic (exact) mass is 306 g/mol. The fourth-order valence-corrected chi connectivity index (χ4v) is 3.07. The van der Waals surface area contributed by atoms with Gasteiger partial charge in [0.2, 0.25) is 0 Å². The Labute approximate surface area is 126 Å². The number of amides is 1. The lowest BCUT2D eigenvalue weighted by molar-refractivity contribution is -0.120. The molecule has 21 heavy (non-hydrogen) atoms. The quantitative estimate of drug-likeness (QED) is 0.819. The van der Waals surface area contributed by atoms with E-state index in [1.807, 2.05) is 31.4 Å². The third-order valence-corrected chi connectivity index (χ3v) is 4.16. The van der Waals surface area contributed by atoms with Crippen LogP contribution in [0.4, 0.5) is 0 Å². The summed E-state index contributed by atoms with van der Waals surface area (Å²) < 4.78 is 7.61. The fraction of sp³-hybridized carbons (Fsp3) is 0.400. The van der Waals surface area contributed by atoms with Crippen LogP contribution in [0.3, 0.4) is 0 Å². The molecule has 0 saturated carbocycles. The summed E-state index contributed by atoms with van der Waals surface area (Å²) >= 11 is 1.40. The Morgan fingerprint density at radius 2 is 2.10 bits per heavy atom. The van der Waals surface area contributed by atoms with Crippen LogP contribution < -0.4 is 4.80 Å². The second-order valence-electron chi connectivity index (χ2n) is 4.91. The average Bonchev–Trinajstić information content (AvgIpc) is 2.82. The number of carbonyl (C=O) groups excluding carboxylic acids is 2. The number of aromatic nitrogens is 1. The number of thiazole rings is 1. The van der Waals surface area contributed by atoms with Crippen molar-refractivity contribution in [3.05, 3.63) is 28.6 Å². The van der Waals surface area contributed by atoms with Gasteiger partial charge >= 0.3 is 5.97 Å². The van der Waals surface area contributed by atoms with Crippen molar-refractivity contribution in [1.82, 2.24) is 4.57 Å². The lowest BCUT2D eigenvalue weighted by atomic mass is 10.2. The molecule has 0 aliphatic heterocycles. The van der Waals surface area contributed by atoms with Gasteiger partial charge in [0.25, 0.3) is 5.91 Å².